The Morgan fingerprint density at radius 3 is 2.21 bits per heavy atom. The van der Waals surface area contributed by atoms with Crippen LogP contribution in [0.1, 0.15) is 33.6 Å². The van der Waals surface area contributed by atoms with E-state index < -0.39 is 91.5 Å². The summed E-state index contributed by atoms with van der Waals surface area (Å²) >= 11 is 0. The van der Waals surface area contributed by atoms with Crippen molar-refractivity contribution in [1.29, 1.82) is 0 Å². The molecule has 9 N–H and O–H groups in total. The number of nitrogens with two attached hydrogens (primary N) is 1. The summed E-state index contributed by atoms with van der Waals surface area (Å²) in [6, 6.07) is -3.71. The molecule has 0 aromatic rings. The van der Waals surface area contributed by atoms with Gasteiger partial charge >= 0.3 is 5.97 Å². The van der Waals surface area contributed by atoms with Crippen LogP contribution in [0.25, 0.3) is 0 Å². The van der Waals surface area contributed by atoms with Gasteiger partial charge in [0, 0.05) is 13.3 Å². The number of aliphatic hydroxyl groups is 3. The Morgan fingerprint density at radius 1 is 1.09 bits per heavy atom. The standard InChI is InChI=1S/C19H32N4O11/c1-7(17(30)23-10(16(20)29)4-5-12(26)27)21-18(31)8(2)33-15-13(22-9(3)25)19(32)34-11(6-24)14(15)28/h7-8,10-11,13-15,19,24,28,32H,4-6H2,1-3H3,(H2,20,29)(H,21,31)(H,22,25)(H,23,30)(H,26,27)/t7-,8+,10-,11+,13+,14+,15+,19-/m0/s1/i1+1,7+1,17+1,21+1. The summed E-state index contributed by atoms with van der Waals surface area (Å²) in [4.78, 5) is 58.4. The smallest absolute Gasteiger partial charge is 0.303 e. The van der Waals surface area contributed by atoms with Gasteiger partial charge in [-0.2, -0.15) is 0 Å². The van der Waals surface area contributed by atoms with Gasteiger partial charge in [0.2, 0.25) is 23.6 Å². The molecule has 1 aliphatic heterocycles. The summed E-state index contributed by atoms with van der Waals surface area (Å²) in [5, 5.41) is 45.5. The molecule has 194 valence electrons. The van der Waals surface area contributed by atoms with Crippen LogP contribution in [-0.4, -0.2) is 105 Å². The van der Waals surface area contributed by atoms with E-state index >= 15 is 0 Å². The molecule has 0 bridgehead atoms. The second-order valence-electron chi connectivity index (χ2n) is 7.83. The SMILES string of the molecule is CC(=O)N[C@@H]1[C@@H](O[C@H](C)C(=O)[15NH][13C@@H]([13CH3])[13C](=O)N[C@@H](CCC(=O)O)C(N)=O)[C@H](O)[C@@H](CO)O[C@@H]1O. The molecule has 1 heterocycles. The molecule has 0 radical (unpaired) electrons. The van der Waals surface area contributed by atoms with Gasteiger partial charge in [-0.3, -0.25) is 24.0 Å². The summed E-state index contributed by atoms with van der Waals surface area (Å²) in [5.74, 6) is -4.34. The van der Waals surface area contributed by atoms with Gasteiger partial charge in [-0.05, 0) is 20.3 Å². The Bertz CT molecular complexity index is 765. The highest BCUT2D eigenvalue weighted by Crippen LogP contribution is 2.23. The van der Waals surface area contributed by atoms with Crippen LogP contribution in [0.5, 0.6) is 0 Å². The predicted molar refractivity (Wildman–Crippen MR) is 112 cm³/mol. The predicted octanol–water partition coefficient (Wildman–Crippen LogP) is -4.33. The third-order valence-electron chi connectivity index (χ3n) is 5.03. The summed E-state index contributed by atoms with van der Waals surface area (Å²) in [5.41, 5.74) is 5.16. The highest BCUT2D eigenvalue weighted by Gasteiger charge is 2.47. The van der Waals surface area contributed by atoms with Crippen LogP contribution >= 0.6 is 0 Å². The van der Waals surface area contributed by atoms with E-state index in [-0.39, 0.29) is 6.42 Å². The van der Waals surface area contributed by atoms with E-state index in [2.05, 4.69) is 16.0 Å². The van der Waals surface area contributed by atoms with Crippen molar-refractivity contribution in [1.82, 2.24) is 16.0 Å². The van der Waals surface area contributed by atoms with Gasteiger partial charge in [-0.15, -0.1) is 0 Å². The van der Waals surface area contributed by atoms with E-state index in [1.54, 1.807) is 0 Å². The first-order valence-corrected chi connectivity index (χ1v) is 10.4. The van der Waals surface area contributed by atoms with Gasteiger partial charge < -0.3 is 51.6 Å². The van der Waals surface area contributed by atoms with E-state index in [1.807, 2.05) is 0 Å². The number of carbonyl (C=O) groups excluding carboxylic acids is 4. The van der Waals surface area contributed by atoms with Crippen LogP contribution in [0.4, 0.5) is 0 Å². The highest BCUT2D eigenvalue weighted by atomic mass is 16.6. The first kappa shape index (κ1) is 29.2. The van der Waals surface area contributed by atoms with E-state index in [1.165, 1.54) is 13.8 Å². The highest BCUT2D eigenvalue weighted by molar-refractivity contribution is 5.92. The summed E-state index contributed by atoms with van der Waals surface area (Å²) < 4.78 is 10.6. The molecule has 1 fully saturated rings. The fourth-order valence-electron chi connectivity index (χ4n) is 3.18. The Balaban J connectivity index is 2.80. The zero-order valence-electron chi connectivity index (χ0n) is 19.0. The lowest BCUT2D eigenvalue weighted by atomic mass is 9.96. The number of carboxylic acid groups (broad SMARTS) is 1. The van der Waals surface area contributed by atoms with Crippen molar-refractivity contribution in [2.75, 3.05) is 6.61 Å². The van der Waals surface area contributed by atoms with Gasteiger partial charge in [0.05, 0.1) is 6.61 Å². The summed E-state index contributed by atoms with van der Waals surface area (Å²) in [7, 11) is 0. The van der Waals surface area contributed by atoms with Crippen molar-refractivity contribution in [2.45, 2.75) is 82.4 Å². The molecule has 0 spiro atoms. The molecule has 15 heteroatoms. The normalized spacial score (nSPS) is 27.1. The van der Waals surface area contributed by atoms with Crippen molar-refractivity contribution in [3.05, 3.63) is 0 Å². The first-order chi connectivity index (χ1) is 15.8. The third kappa shape index (κ3) is 8.49. The minimum absolute atomic E-state index is 0.239. The fraction of sp³-hybridized carbons (Fsp3) is 0.737. The van der Waals surface area contributed by atoms with Gasteiger partial charge in [-0.25, -0.2) is 0 Å². The number of hydrogen-bond acceptors (Lipinski definition) is 10. The zero-order chi connectivity index (χ0) is 26.2. The van der Waals surface area contributed by atoms with Gasteiger partial charge in [0.15, 0.2) is 6.29 Å². The summed E-state index contributed by atoms with van der Waals surface area (Å²) in [6.07, 6.45) is -7.74. The molecule has 4 amide bonds. The number of primary amides is 1. The minimum Gasteiger partial charge on any atom is -0.481 e. The molecule has 0 aliphatic carbocycles. The fourth-order valence-corrected chi connectivity index (χ4v) is 3.18. The van der Waals surface area contributed by atoms with Crippen molar-refractivity contribution < 1.29 is 53.9 Å². The molecule has 1 aliphatic rings. The molecule has 1 rings (SSSR count). The quantitative estimate of drug-likeness (QED) is 0.0947. The molecule has 8 atom stereocenters. The number of aliphatic hydroxyl groups excluding tert-OH is 3. The van der Waals surface area contributed by atoms with Crippen LogP contribution < -0.4 is 21.7 Å². The monoisotopic (exact) mass is 496 g/mol. The van der Waals surface area contributed by atoms with Crippen molar-refractivity contribution in [3.8, 4) is 0 Å². The largest absolute Gasteiger partial charge is 0.481 e. The average Bonchev–Trinajstić information content (AvgIpc) is 2.74. The van der Waals surface area contributed by atoms with Crippen LogP contribution in [-0.2, 0) is 33.4 Å². The van der Waals surface area contributed by atoms with E-state index in [0.29, 0.717) is 0 Å². The number of carbonyl (C=O) groups is 5. The second kappa shape index (κ2) is 13.1. The van der Waals surface area contributed by atoms with Gasteiger partial charge in [-0.1, -0.05) is 0 Å². The van der Waals surface area contributed by atoms with E-state index in [4.69, 9.17) is 20.3 Å². The maximum absolute atomic E-state index is 12.5. The van der Waals surface area contributed by atoms with E-state index in [9.17, 15) is 39.3 Å². The van der Waals surface area contributed by atoms with Crippen LogP contribution in [0, 0.1) is 0 Å². The lowest BCUT2D eigenvalue weighted by molar-refractivity contribution is -0.266. The number of rotatable bonds is 12. The Labute approximate surface area is 195 Å². The number of nitrogens with one attached hydrogen (secondary N) is 3. The average molecular weight is 496 g/mol. The molecular weight excluding hydrogens is 464 g/mol. The lowest BCUT2D eigenvalue weighted by Crippen LogP contribution is -2.65. The van der Waals surface area contributed by atoms with Crippen molar-refractivity contribution >= 4 is 29.6 Å². The summed E-state index contributed by atoms with van der Waals surface area (Å²) in [6.45, 7) is 3.06. The first-order valence-electron chi connectivity index (χ1n) is 10.4. The molecule has 0 unspecified atom stereocenters. The Morgan fingerprint density at radius 2 is 1.71 bits per heavy atom. The Hall–Kier alpha value is -2.85. The minimum atomic E-state index is -1.65. The van der Waals surface area contributed by atoms with Gasteiger partial charge in [0.25, 0.3) is 0 Å². The number of hydrogen-bond donors (Lipinski definition) is 8. The van der Waals surface area contributed by atoms with Crippen LogP contribution in [0.3, 0.4) is 0 Å². The van der Waals surface area contributed by atoms with E-state index in [0.717, 1.165) is 6.92 Å². The van der Waals surface area contributed by atoms with Gasteiger partial charge in [0.1, 0.15) is 42.5 Å². The number of aliphatic carboxylic acids is 1. The van der Waals surface area contributed by atoms with Crippen LogP contribution in [0.2, 0.25) is 0 Å². The van der Waals surface area contributed by atoms with Crippen LogP contribution in [0.15, 0.2) is 0 Å². The molecular formula is C19H32N4O11. The Kier molecular flexibility index (Phi) is 11.3. The molecule has 15 nitrogen and oxygen atoms in total. The third-order valence-corrected chi connectivity index (χ3v) is 5.03. The van der Waals surface area contributed by atoms with Crippen molar-refractivity contribution in [2.24, 2.45) is 5.73 Å². The maximum atomic E-state index is 12.5. The van der Waals surface area contributed by atoms with Crippen molar-refractivity contribution in [3.63, 3.8) is 0 Å². The number of carboxylic acids is 1. The zero-order valence-corrected chi connectivity index (χ0v) is 19.0. The topological polar surface area (TPSA) is 247 Å². The lowest BCUT2D eigenvalue weighted by Gasteiger charge is -2.43. The molecule has 0 saturated carbocycles. The molecule has 0 aromatic carbocycles. The maximum Gasteiger partial charge on any atom is 0.303 e. The number of ether oxygens (including phenoxy) is 2. The molecule has 34 heavy (non-hydrogen) atoms. The second-order valence-corrected chi connectivity index (χ2v) is 7.83. The molecule has 1 saturated heterocycles. The molecule has 0 aromatic heterocycles. The number of amides is 4.